The maximum absolute atomic E-state index is 12.5. The first-order valence-corrected chi connectivity index (χ1v) is 9.15. The Labute approximate surface area is 151 Å². The van der Waals surface area contributed by atoms with Crippen LogP contribution in [0.2, 0.25) is 0 Å². The summed E-state index contributed by atoms with van der Waals surface area (Å²) < 4.78 is 17.1. The van der Waals surface area contributed by atoms with E-state index in [9.17, 15) is 14.7 Å². The van der Waals surface area contributed by atoms with Crippen LogP contribution < -0.4 is 0 Å². The van der Waals surface area contributed by atoms with Crippen molar-refractivity contribution in [1.29, 1.82) is 0 Å². The molecule has 1 rings (SSSR count). The Morgan fingerprint density at radius 2 is 1.68 bits per heavy atom. The van der Waals surface area contributed by atoms with Gasteiger partial charge in [-0.15, -0.1) is 0 Å². The number of rotatable bonds is 8. The Hall–Kier alpha value is -0.980. The van der Waals surface area contributed by atoms with Crippen molar-refractivity contribution in [2.24, 2.45) is 17.8 Å². The minimum Gasteiger partial charge on any atom is -0.460 e. The lowest BCUT2D eigenvalue weighted by Crippen LogP contribution is -2.48. The predicted molar refractivity (Wildman–Crippen MR) is 93.9 cm³/mol. The lowest BCUT2D eigenvalue weighted by molar-refractivity contribution is -0.223. The summed E-state index contributed by atoms with van der Waals surface area (Å²) in [5, 5.41) is 10.5. The van der Waals surface area contributed by atoms with Crippen molar-refractivity contribution in [3.05, 3.63) is 0 Å². The van der Waals surface area contributed by atoms with E-state index in [-0.39, 0.29) is 18.1 Å². The van der Waals surface area contributed by atoms with Crippen molar-refractivity contribution in [3.63, 3.8) is 0 Å². The molecule has 1 aliphatic heterocycles. The van der Waals surface area contributed by atoms with E-state index < -0.39 is 35.3 Å². The number of hydrogen-bond acceptors (Lipinski definition) is 6. The van der Waals surface area contributed by atoms with E-state index in [4.69, 9.17) is 14.2 Å². The Bertz CT molecular complexity index is 459. The van der Waals surface area contributed by atoms with Gasteiger partial charge in [0.2, 0.25) is 0 Å². The lowest BCUT2D eigenvalue weighted by atomic mass is 9.80. The molecule has 0 aromatic rings. The van der Waals surface area contributed by atoms with E-state index >= 15 is 0 Å². The average molecular weight is 358 g/mol. The molecule has 0 amide bonds. The standard InChI is InChI=1S/C19H34O6/c1-8-15(20)14(16(21)12(2)3)11-19(23-9-10-24-19)13(4)17(22)25-18(5,6)7/h12-14,16,21H,8-11H2,1-7H3/t13?,14-,16+/m1/s1. The van der Waals surface area contributed by atoms with Gasteiger partial charge in [0, 0.05) is 18.8 Å². The largest absolute Gasteiger partial charge is 0.460 e. The van der Waals surface area contributed by atoms with E-state index in [1.807, 2.05) is 13.8 Å². The second kappa shape index (κ2) is 8.60. The Morgan fingerprint density at radius 3 is 2.08 bits per heavy atom. The Morgan fingerprint density at radius 1 is 1.16 bits per heavy atom. The minimum absolute atomic E-state index is 0.0592. The topological polar surface area (TPSA) is 82.1 Å². The molecule has 1 heterocycles. The summed E-state index contributed by atoms with van der Waals surface area (Å²) >= 11 is 0. The summed E-state index contributed by atoms with van der Waals surface area (Å²) in [6.07, 6.45) is -0.368. The molecule has 0 aromatic heterocycles. The molecule has 0 aromatic carbocycles. The normalized spacial score (nSPS) is 21.0. The predicted octanol–water partition coefficient (Wildman–Crippen LogP) is 2.71. The van der Waals surface area contributed by atoms with E-state index in [1.54, 1.807) is 34.6 Å². The molecule has 25 heavy (non-hydrogen) atoms. The Balaban J connectivity index is 3.06. The van der Waals surface area contributed by atoms with Crippen LogP contribution in [0.3, 0.4) is 0 Å². The van der Waals surface area contributed by atoms with E-state index in [0.29, 0.717) is 19.6 Å². The highest BCUT2D eigenvalue weighted by Crippen LogP contribution is 2.38. The zero-order chi connectivity index (χ0) is 19.4. The second-order valence-corrected chi connectivity index (χ2v) is 8.13. The zero-order valence-electron chi connectivity index (χ0n) is 16.6. The molecule has 1 saturated heterocycles. The van der Waals surface area contributed by atoms with Crippen molar-refractivity contribution >= 4 is 11.8 Å². The maximum atomic E-state index is 12.5. The number of hydrogen-bond donors (Lipinski definition) is 1. The molecule has 1 fully saturated rings. The van der Waals surface area contributed by atoms with Crippen molar-refractivity contribution in [3.8, 4) is 0 Å². The molecular formula is C19H34O6. The SMILES string of the molecule is CCC(=O)[C@@H](CC1(C(C)C(=O)OC(C)(C)C)OCCO1)[C@@H](O)C(C)C. The van der Waals surface area contributed by atoms with Gasteiger partial charge in [-0.25, -0.2) is 0 Å². The third-order valence-corrected chi connectivity index (χ3v) is 4.56. The number of aliphatic hydroxyl groups excluding tert-OH is 1. The fourth-order valence-electron chi connectivity index (χ4n) is 3.04. The minimum atomic E-state index is -1.24. The van der Waals surface area contributed by atoms with Crippen molar-refractivity contribution in [2.45, 2.75) is 78.8 Å². The molecule has 0 radical (unpaired) electrons. The molecule has 6 nitrogen and oxygen atoms in total. The number of ether oxygens (including phenoxy) is 3. The van der Waals surface area contributed by atoms with Crippen LogP contribution in [-0.4, -0.2) is 47.6 Å². The van der Waals surface area contributed by atoms with Crippen LogP contribution in [0.15, 0.2) is 0 Å². The fourth-order valence-corrected chi connectivity index (χ4v) is 3.04. The van der Waals surface area contributed by atoms with Gasteiger partial charge in [0.15, 0.2) is 5.79 Å². The summed E-state index contributed by atoms with van der Waals surface area (Å²) in [7, 11) is 0. The molecule has 0 bridgehead atoms. The van der Waals surface area contributed by atoms with E-state index in [2.05, 4.69) is 0 Å². The van der Waals surface area contributed by atoms with Crippen LogP contribution in [0.4, 0.5) is 0 Å². The van der Waals surface area contributed by atoms with Crippen molar-refractivity contribution < 1.29 is 28.9 Å². The van der Waals surface area contributed by atoms with Crippen molar-refractivity contribution in [2.75, 3.05) is 13.2 Å². The fraction of sp³-hybridized carbons (Fsp3) is 0.895. The van der Waals surface area contributed by atoms with Crippen LogP contribution in [-0.2, 0) is 23.8 Å². The third kappa shape index (κ3) is 5.76. The molecular weight excluding hydrogens is 324 g/mol. The van der Waals surface area contributed by atoms with Crippen LogP contribution in [0.25, 0.3) is 0 Å². The summed E-state index contributed by atoms with van der Waals surface area (Å²) in [4.78, 5) is 25.0. The van der Waals surface area contributed by atoms with Gasteiger partial charge in [0.05, 0.1) is 19.3 Å². The molecule has 0 aliphatic carbocycles. The molecule has 1 aliphatic rings. The van der Waals surface area contributed by atoms with Gasteiger partial charge in [-0.2, -0.15) is 0 Å². The molecule has 146 valence electrons. The summed E-state index contributed by atoms with van der Waals surface area (Å²) in [5.74, 6) is -3.18. The molecule has 3 atom stereocenters. The average Bonchev–Trinajstić information content (AvgIpc) is 2.98. The van der Waals surface area contributed by atoms with Crippen LogP contribution >= 0.6 is 0 Å². The number of carbonyl (C=O) groups is 2. The number of ketones is 1. The quantitative estimate of drug-likeness (QED) is 0.672. The van der Waals surface area contributed by atoms with E-state index in [1.165, 1.54) is 0 Å². The number of Topliss-reactive ketones (excluding diaryl/α,β-unsaturated/α-hetero) is 1. The summed E-state index contributed by atoms with van der Waals surface area (Å²) in [6, 6.07) is 0. The second-order valence-electron chi connectivity index (χ2n) is 8.13. The van der Waals surface area contributed by atoms with Gasteiger partial charge in [-0.1, -0.05) is 20.8 Å². The zero-order valence-corrected chi connectivity index (χ0v) is 16.6. The monoisotopic (exact) mass is 358 g/mol. The first-order chi connectivity index (χ1) is 11.4. The Kier molecular flexibility index (Phi) is 7.59. The van der Waals surface area contributed by atoms with Gasteiger partial charge in [0.1, 0.15) is 17.3 Å². The summed E-state index contributed by atoms with van der Waals surface area (Å²) in [6.45, 7) is 13.3. The first-order valence-electron chi connectivity index (χ1n) is 9.15. The van der Waals surface area contributed by atoms with Gasteiger partial charge in [0.25, 0.3) is 0 Å². The van der Waals surface area contributed by atoms with Crippen molar-refractivity contribution in [1.82, 2.24) is 0 Å². The molecule has 1 unspecified atom stereocenters. The van der Waals surface area contributed by atoms with Gasteiger partial charge in [-0.3, -0.25) is 9.59 Å². The first kappa shape index (κ1) is 22.1. The molecule has 6 heteroatoms. The highest BCUT2D eigenvalue weighted by Gasteiger charge is 2.50. The van der Waals surface area contributed by atoms with Gasteiger partial charge < -0.3 is 19.3 Å². The lowest BCUT2D eigenvalue weighted by Gasteiger charge is -2.37. The maximum Gasteiger partial charge on any atom is 0.314 e. The van der Waals surface area contributed by atoms with Crippen LogP contribution in [0.1, 0.15) is 61.3 Å². The number of carbonyl (C=O) groups excluding carboxylic acids is 2. The summed E-state index contributed by atoms with van der Waals surface area (Å²) in [5.41, 5.74) is -0.624. The smallest absolute Gasteiger partial charge is 0.314 e. The molecule has 0 spiro atoms. The van der Waals surface area contributed by atoms with Gasteiger partial charge in [-0.05, 0) is 33.6 Å². The van der Waals surface area contributed by atoms with E-state index in [0.717, 1.165) is 0 Å². The molecule has 1 N–H and O–H groups in total. The number of aliphatic hydroxyl groups is 1. The van der Waals surface area contributed by atoms with Crippen LogP contribution in [0, 0.1) is 17.8 Å². The highest BCUT2D eigenvalue weighted by atomic mass is 16.7. The van der Waals surface area contributed by atoms with Gasteiger partial charge >= 0.3 is 5.97 Å². The van der Waals surface area contributed by atoms with Crippen LogP contribution in [0.5, 0.6) is 0 Å². The third-order valence-electron chi connectivity index (χ3n) is 4.56. The highest BCUT2D eigenvalue weighted by molar-refractivity contribution is 5.81. The number of esters is 1. The molecule has 0 saturated carbocycles.